The zero-order chi connectivity index (χ0) is 44.9. The molecule has 0 radical (unpaired) electrons. The summed E-state index contributed by atoms with van der Waals surface area (Å²) in [6.07, 6.45) is 3.40. The Morgan fingerprint density at radius 2 is 1.20 bits per heavy atom. The number of anilines is 2. The number of pyridine rings is 2. The number of carbonyl (C=O) groups excluding carboxylic acids is 2. The van der Waals surface area contributed by atoms with Crippen LogP contribution < -0.4 is 11.5 Å². The van der Waals surface area contributed by atoms with Gasteiger partial charge in [0.2, 0.25) is 0 Å². The van der Waals surface area contributed by atoms with Crippen molar-refractivity contribution in [3.8, 4) is 56.2 Å². The van der Waals surface area contributed by atoms with E-state index in [0.29, 0.717) is 92.1 Å². The van der Waals surface area contributed by atoms with Crippen molar-refractivity contribution in [2.45, 2.75) is 31.6 Å². The van der Waals surface area contributed by atoms with Crippen molar-refractivity contribution in [2.75, 3.05) is 38.3 Å². The lowest BCUT2D eigenvalue weighted by Gasteiger charge is -2.25. The van der Waals surface area contributed by atoms with Crippen LogP contribution in [-0.2, 0) is 14.2 Å². The Kier molecular flexibility index (Phi) is 11.0. The highest BCUT2D eigenvalue weighted by Crippen LogP contribution is 2.39. The number of ether oxygens (including phenoxy) is 3. The molecule has 14 nitrogen and oxygen atoms in total. The summed E-state index contributed by atoms with van der Waals surface area (Å²) >= 11 is 13.8. The molecule has 2 unspecified atom stereocenters. The molecule has 2 saturated heterocycles. The van der Waals surface area contributed by atoms with Crippen molar-refractivity contribution in [3.63, 3.8) is 0 Å². The van der Waals surface area contributed by atoms with Gasteiger partial charge < -0.3 is 25.7 Å². The van der Waals surface area contributed by atoms with E-state index in [1.165, 1.54) is 0 Å². The summed E-state index contributed by atoms with van der Waals surface area (Å²) in [4.78, 5) is 57.5. The van der Waals surface area contributed by atoms with Crippen LogP contribution in [0.25, 0.3) is 78.0 Å². The Hall–Kier alpha value is -7.10. The molecule has 8 aromatic rings. The van der Waals surface area contributed by atoms with E-state index in [2.05, 4.69) is 21.8 Å². The fourth-order valence-electron chi connectivity index (χ4n) is 8.15. The summed E-state index contributed by atoms with van der Waals surface area (Å²) in [5, 5.41) is 2.24. The lowest BCUT2D eigenvalue weighted by molar-refractivity contribution is -0.103. The summed E-state index contributed by atoms with van der Waals surface area (Å²) in [6, 6.07) is 30.3. The van der Waals surface area contributed by atoms with Crippen molar-refractivity contribution < 1.29 is 23.8 Å². The largest absolute Gasteiger partial charge is 0.456 e. The third-order valence-electron chi connectivity index (χ3n) is 11.7. The number of likely N-dealkylation sites (tertiary alicyclic amines) is 1. The first-order valence-electron chi connectivity index (χ1n) is 20.8. The van der Waals surface area contributed by atoms with Crippen LogP contribution in [0.2, 0.25) is 10.0 Å². The molecule has 4 N–H and O–H groups in total. The van der Waals surface area contributed by atoms with E-state index in [-0.39, 0.29) is 41.3 Å². The first-order valence-corrected chi connectivity index (χ1v) is 21.6. The standard InChI is InChI=1S/C49H39Cl2N9O5/c1-25-14-34(22-60(25)2)64-48(61)44-47(53)59-41(43(57-44)31-16-28-12-7-13-54-38(28)36(50)19-31)29-11-6-10-27(15-29)33-18-30-17-32(20-37(51)39(30)55-21-33)42-40(26-8-4-3-5-9-26)58-46(52)45(56-42)49(62)65-35-23-63-24-35/h3-13,15-21,25,34-35H,14,22-24H2,1-2H3,(H2,52,58)(H2,53,59). The molecule has 2 fully saturated rings. The topological polar surface area (TPSA) is 194 Å². The number of aromatic nitrogens is 6. The molecule has 10 rings (SSSR count). The zero-order valence-electron chi connectivity index (χ0n) is 35.0. The van der Waals surface area contributed by atoms with Crippen LogP contribution >= 0.6 is 23.2 Å². The van der Waals surface area contributed by atoms with Crippen LogP contribution in [0, 0.1) is 0 Å². The van der Waals surface area contributed by atoms with Crippen LogP contribution in [0.4, 0.5) is 11.6 Å². The highest BCUT2D eigenvalue weighted by atomic mass is 35.5. The van der Waals surface area contributed by atoms with E-state index in [4.69, 9.17) is 68.8 Å². The SMILES string of the molecule is CC1CC(OC(=O)c2nc(-c3cc(Cl)c4ncccc4c3)c(-c3cccc(-c4cnc5c(Cl)cc(-c6nc(C(=O)OC7COC7)c(N)nc6-c6ccccc6)cc5c4)c3)nc2N)CN1C. The molecule has 0 bridgehead atoms. The summed E-state index contributed by atoms with van der Waals surface area (Å²) in [7, 11) is 1.99. The summed E-state index contributed by atoms with van der Waals surface area (Å²) in [6.45, 7) is 3.28. The fraction of sp³-hybridized carbons (Fsp3) is 0.184. The van der Waals surface area contributed by atoms with Crippen molar-refractivity contribution in [1.82, 2.24) is 34.8 Å². The number of nitrogen functional groups attached to an aromatic ring is 2. The Balaban J connectivity index is 1.06. The summed E-state index contributed by atoms with van der Waals surface area (Å²) < 4.78 is 16.7. The van der Waals surface area contributed by atoms with Gasteiger partial charge in [0.05, 0.1) is 57.1 Å². The van der Waals surface area contributed by atoms with Crippen molar-refractivity contribution >= 4 is 68.6 Å². The second kappa shape index (κ2) is 17.1. The Morgan fingerprint density at radius 3 is 1.83 bits per heavy atom. The number of halogens is 2. The van der Waals surface area contributed by atoms with Gasteiger partial charge in [0.15, 0.2) is 23.0 Å². The third kappa shape index (κ3) is 8.17. The second-order valence-electron chi connectivity index (χ2n) is 16.2. The van der Waals surface area contributed by atoms with Crippen LogP contribution in [0.3, 0.4) is 0 Å². The van der Waals surface area contributed by atoms with Crippen molar-refractivity contribution in [2.24, 2.45) is 0 Å². The molecule has 0 spiro atoms. The number of hydrogen-bond acceptors (Lipinski definition) is 14. The van der Waals surface area contributed by atoms with E-state index >= 15 is 0 Å². The number of fused-ring (bicyclic) bond motifs is 2. The molecule has 4 aromatic heterocycles. The normalized spacial score (nSPS) is 16.4. The molecule has 0 amide bonds. The van der Waals surface area contributed by atoms with Crippen LogP contribution in [0.1, 0.15) is 34.3 Å². The first-order chi connectivity index (χ1) is 31.5. The maximum atomic E-state index is 13.7. The molecule has 2 aliphatic rings. The van der Waals surface area contributed by atoms with Gasteiger partial charge in [0.25, 0.3) is 0 Å². The molecular weight excluding hydrogens is 866 g/mol. The first kappa shape index (κ1) is 41.9. The van der Waals surface area contributed by atoms with Crippen molar-refractivity contribution in [1.29, 1.82) is 0 Å². The number of benzene rings is 4. The van der Waals surface area contributed by atoms with Gasteiger partial charge in [-0.1, -0.05) is 77.8 Å². The fourth-order valence-corrected chi connectivity index (χ4v) is 8.70. The minimum atomic E-state index is -0.698. The van der Waals surface area contributed by atoms with Crippen LogP contribution in [-0.4, -0.2) is 91.8 Å². The number of carbonyl (C=O) groups is 2. The zero-order valence-corrected chi connectivity index (χ0v) is 36.5. The number of nitrogens with zero attached hydrogens (tertiary/aromatic N) is 7. The predicted molar refractivity (Wildman–Crippen MR) is 250 cm³/mol. The molecule has 0 aliphatic carbocycles. The minimum absolute atomic E-state index is 0.0646. The van der Waals surface area contributed by atoms with E-state index in [9.17, 15) is 9.59 Å². The monoisotopic (exact) mass is 903 g/mol. The number of esters is 2. The molecule has 6 heterocycles. The number of nitrogens with two attached hydrogens (primary N) is 2. The van der Waals surface area contributed by atoms with Crippen LogP contribution in [0.15, 0.2) is 109 Å². The number of rotatable bonds is 9. The quantitative estimate of drug-likeness (QED) is 0.130. The van der Waals surface area contributed by atoms with Gasteiger partial charge in [-0.15, -0.1) is 0 Å². The van der Waals surface area contributed by atoms with Gasteiger partial charge in [-0.25, -0.2) is 29.5 Å². The Morgan fingerprint density at radius 1 is 0.631 bits per heavy atom. The van der Waals surface area contributed by atoms with E-state index in [0.717, 1.165) is 22.1 Å². The molecule has 16 heteroatoms. The molecule has 0 saturated carbocycles. The van der Waals surface area contributed by atoms with E-state index in [1.54, 1.807) is 24.5 Å². The number of hydrogen-bond donors (Lipinski definition) is 2. The van der Waals surface area contributed by atoms with Gasteiger partial charge >= 0.3 is 11.9 Å². The molecule has 65 heavy (non-hydrogen) atoms. The minimum Gasteiger partial charge on any atom is -0.456 e. The Bertz CT molecular complexity index is 3200. The van der Waals surface area contributed by atoms with Gasteiger partial charge in [-0.2, -0.15) is 0 Å². The molecule has 4 aromatic carbocycles. The molecular formula is C49H39Cl2N9O5. The lowest BCUT2D eigenvalue weighted by atomic mass is 9.97. The maximum absolute atomic E-state index is 13.7. The highest BCUT2D eigenvalue weighted by molar-refractivity contribution is 6.36. The lowest BCUT2D eigenvalue weighted by Crippen LogP contribution is -2.38. The second-order valence-corrected chi connectivity index (χ2v) is 17.0. The maximum Gasteiger partial charge on any atom is 0.361 e. The average molecular weight is 905 g/mol. The average Bonchev–Trinajstić information content (AvgIpc) is 3.62. The predicted octanol–water partition coefficient (Wildman–Crippen LogP) is 8.97. The third-order valence-corrected chi connectivity index (χ3v) is 12.3. The van der Waals surface area contributed by atoms with Crippen molar-refractivity contribution in [3.05, 3.63) is 131 Å². The molecule has 2 aliphatic heterocycles. The highest BCUT2D eigenvalue weighted by Gasteiger charge is 2.32. The van der Waals surface area contributed by atoms with Gasteiger partial charge in [-0.3, -0.25) is 14.9 Å². The smallest absolute Gasteiger partial charge is 0.361 e. The van der Waals surface area contributed by atoms with E-state index < -0.39 is 11.9 Å². The van der Waals surface area contributed by atoms with Gasteiger partial charge in [0.1, 0.15) is 12.2 Å². The summed E-state index contributed by atoms with van der Waals surface area (Å²) in [5.41, 5.74) is 19.6. The summed E-state index contributed by atoms with van der Waals surface area (Å²) in [5.74, 6) is -1.49. The number of likely N-dealkylation sites (N-methyl/N-ethyl adjacent to an activating group) is 1. The molecule has 2 atom stereocenters. The molecule has 324 valence electrons. The van der Waals surface area contributed by atoms with Gasteiger partial charge in [0, 0.05) is 70.0 Å². The van der Waals surface area contributed by atoms with Crippen LogP contribution in [0.5, 0.6) is 0 Å². The Labute approximate surface area is 382 Å². The van der Waals surface area contributed by atoms with E-state index in [1.807, 2.05) is 92.0 Å². The van der Waals surface area contributed by atoms with Gasteiger partial charge in [-0.05, 0) is 62.0 Å².